The number of hydrogen-bond donors (Lipinski definition) is 3. The maximum atomic E-state index is 11.8. The number of aliphatic hydroxyl groups excluding tert-OH is 1. The smallest absolute Gasteiger partial charge is 0.255 e. The van der Waals surface area contributed by atoms with E-state index in [1.165, 1.54) is 13.2 Å². The first-order valence-electron chi connectivity index (χ1n) is 4.93. The summed E-state index contributed by atoms with van der Waals surface area (Å²) in [5.41, 5.74) is 6.45. The highest BCUT2D eigenvalue weighted by molar-refractivity contribution is 5.98. The van der Waals surface area contributed by atoms with Crippen molar-refractivity contribution in [3.63, 3.8) is 0 Å². The summed E-state index contributed by atoms with van der Waals surface area (Å²) in [6.45, 7) is 1.59. The molecule has 0 aliphatic carbocycles. The maximum Gasteiger partial charge on any atom is 0.255 e. The van der Waals surface area contributed by atoms with Crippen LogP contribution in [0.25, 0.3) is 0 Å². The SMILES string of the molecule is COc1ccc(N)cc1C(=O)N[C@H](C)CO. The van der Waals surface area contributed by atoms with Gasteiger partial charge in [0.2, 0.25) is 0 Å². The Balaban J connectivity index is 2.93. The molecule has 0 spiro atoms. The monoisotopic (exact) mass is 224 g/mol. The third kappa shape index (κ3) is 2.87. The minimum atomic E-state index is -0.314. The molecule has 0 radical (unpaired) electrons. The van der Waals surface area contributed by atoms with Gasteiger partial charge < -0.3 is 20.9 Å². The molecule has 0 aliphatic rings. The molecule has 16 heavy (non-hydrogen) atoms. The van der Waals surface area contributed by atoms with Gasteiger partial charge in [0.1, 0.15) is 5.75 Å². The molecule has 0 fully saturated rings. The molecule has 0 aromatic heterocycles. The van der Waals surface area contributed by atoms with Gasteiger partial charge >= 0.3 is 0 Å². The number of hydrogen-bond acceptors (Lipinski definition) is 4. The second-order valence-corrected chi connectivity index (χ2v) is 3.52. The number of methoxy groups -OCH3 is 1. The second kappa shape index (κ2) is 5.37. The molecule has 5 heteroatoms. The van der Waals surface area contributed by atoms with Gasteiger partial charge in [-0.25, -0.2) is 0 Å². The summed E-state index contributed by atoms with van der Waals surface area (Å²) in [6.07, 6.45) is 0. The molecule has 0 saturated carbocycles. The van der Waals surface area contributed by atoms with Crippen LogP contribution in [0.1, 0.15) is 17.3 Å². The van der Waals surface area contributed by atoms with Gasteiger partial charge in [-0.3, -0.25) is 4.79 Å². The van der Waals surface area contributed by atoms with Crippen LogP contribution in [0.4, 0.5) is 5.69 Å². The Morgan fingerprint density at radius 2 is 2.31 bits per heavy atom. The normalized spacial score (nSPS) is 11.9. The second-order valence-electron chi connectivity index (χ2n) is 3.52. The van der Waals surface area contributed by atoms with Crippen LogP contribution in [0, 0.1) is 0 Å². The Kier molecular flexibility index (Phi) is 4.13. The van der Waals surface area contributed by atoms with Crippen LogP contribution < -0.4 is 15.8 Å². The van der Waals surface area contributed by atoms with Crippen molar-refractivity contribution in [2.45, 2.75) is 13.0 Å². The minimum Gasteiger partial charge on any atom is -0.496 e. The number of benzene rings is 1. The van der Waals surface area contributed by atoms with E-state index in [0.717, 1.165) is 0 Å². The highest BCUT2D eigenvalue weighted by atomic mass is 16.5. The van der Waals surface area contributed by atoms with E-state index >= 15 is 0 Å². The van der Waals surface area contributed by atoms with Crippen LogP contribution >= 0.6 is 0 Å². The van der Waals surface area contributed by atoms with Gasteiger partial charge in [0.15, 0.2) is 0 Å². The lowest BCUT2D eigenvalue weighted by Gasteiger charge is -2.13. The van der Waals surface area contributed by atoms with Gasteiger partial charge in [-0.2, -0.15) is 0 Å². The summed E-state index contributed by atoms with van der Waals surface area (Å²) < 4.78 is 5.06. The lowest BCUT2D eigenvalue weighted by atomic mass is 10.1. The van der Waals surface area contributed by atoms with Crippen LogP contribution in [0.2, 0.25) is 0 Å². The summed E-state index contributed by atoms with van der Waals surface area (Å²) in [4.78, 5) is 11.8. The molecule has 0 bridgehead atoms. The van der Waals surface area contributed by atoms with Crippen molar-refractivity contribution in [2.24, 2.45) is 0 Å². The average Bonchev–Trinajstić information content (AvgIpc) is 2.28. The summed E-state index contributed by atoms with van der Waals surface area (Å²) in [6, 6.07) is 4.52. The lowest BCUT2D eigenvalue weighted by molar-refractivity contribution is 0.0919. The van der Waals surface area contributed by atoms with E-state index in [1.54, 1.807) is 19.1 Å². The number of aliphatic hydroxyl groups is 1. The minimum absolute atomic E-state index is 0.115. The van der Waals surface area contributed by atoms with E-state index < -0.39 is 0 Å². The summed E-state index contributed by atoms with van der Waals surface area (Å²) in [5.74, 6) is 0.141. The molecule has 88 valence electrons. The number of carbonyl (C=O) groups is 1. The molecular weight excluding hydrogens is 208 g/mol. The predicted octanol–water partition coefficient (Wildman–Crippen LogP) is 0.388. The highest BCUT2D eigenvalue weighted by Gasteiger charge is 2.14. The lowest BCUT2D eigenvalue weighted by Crippen LogP contribution is -2.35. The van der Waals surface area contributed by atoms with Crippen molar-refractivity contribution >= 4 is 11.6 Å². The summed E-state index contributed by atoms with van der Waals surface area (Å²) in [7, 11) is 1.48. The first-order valence-corrected chi connectivity index (χ1v) is 4.93. The Hall–Kier alpha value is -1.75. The van der Waals surface area contributed by atoms with E-state index in [-0.39, 0.29) is 18.6 Å². The van der Waals surface area contributed by atoms with E-state index in [0.29, 0.717) is 17.0 Å². The highest BCUT2D eigenvalue weighted by Crippen LogP contribution is 2.20. The number of amides is 1. The van der Waals surface area contributed by atoms with Crippen molar-refractivity contribution in [2.75, 3.05) is 19.5 Å². The average molecular weight is 224 g/mol. The van der Waals surface area contributed by atoms with Gasteiger partial charge in [0.25, 0.3) is 5.91 Å². The van der Waals surface area contributed by atoms with Gasteiger partial charge in [0.05, 0.1) is 19.3 Å². The number of nitrogens with one attached hydrogen (secondary N) is 1. The Morgan fingerprint density at radius 1 is 1.62 bits per heavy atom. The molecule has 1 aromatic carbocycles. The first-order chi connectivity index (χ1) is 7.58. The zero-order valence-electron chi connectivity index (χ0n) is 9.36. The number of rotatable bonds is 4. The molecule has 0 unspecified atom stereocenters. The van der Waals surface area contributed by atoms with Gasteiger partial charge in [-0.15, -0.1) is 0 Å². The number of ether oxygens (including phenoxy) is 1. The zero-order chi connectivity index (χ0) is 12.1. The van der Waals surface area contributed by atoms with Crippen molar-refractivity contribution in [3.05, 3.63) is 23.8 Å². The van der Waals surface area contributed by atoms with Crippen LogP contribution in [0.15, 0.2) is 18.2 Å². The third-order valence-electron chi connectivity index (χ3n) is 2.12. The Bertz CT molecular complexity index is 379. The van der Waals surface area contributed by atoms with Gasteiger partial charge in [-0.05, 0) is 25.1 Å². The fraction of sp³-hybridized carbons (Fsp3) is 0.364. The topological polar surface area (TPSA) is 84.6 Å². The van der Waals surface area contributed by atoms with Crippen molar-refractivity contribution in [1.82, 2.24) is 5.32 Å². The number of nitrogens with two attached hydrogens (primary N) is 1. The number of nitrogen functional groups attached to an aromatic ring is 1. The standard InChI is InChI=1S/C11H16N2O3/c1-7(6-14)13-11(15)9-5-8(12)3-4-10(9)16-2/h3-5,7,14H,6,12H2,1-2H3,(H,13,15)/t7-/m1/s1. The van der Waals surface area contributed by atoms with Gasteiger partial charge in [0, 0.05) is 11.7 Å². The molecule has 0 aliphatic heterocycles. The van der Waals surface area contributed by atoms with E-state index in [4.69, 9.17) is 15.6 Å². The molecule has 0 saturated heterocycles. The molecule has 0 heterocycles. The molecule has 1 atom stereocenters. The van der Waals surface area contributed by atoms with Crippen LogP contribution in [0.3, 0.4) is 0 Å². The quantitative estimate of drug-likeness (QED) is 0.646. The van der Waals surface area contributed by atoms with Crippen LogP contribution in [-0.4, -0.2) is 30.8 Å². The maximum absolute atomic E-state index is 11.8. The van der Waals surface area contributed by atoms with E-state index in [2.05, 4.69) is 5.32 Å². The predicted molar refractivity (Wildman–Crippen MR) is 61.4 cm³/mol. The molecule has 1 aromatic rings. The molecule has 1 rings (SSSR count). The van der Waals surface area contributed by atoms with Crippen molar-refractivity contribution in [3.8, 4) is 5.75 Å². The Morgan fingerprint density at radius 3 is 2.88 bits per heavy atom. The van der Waals surface area contributed by atoms with Crippen molar-refractivity contribution in [1.29, 1.82) is 0 Å². The van der Waals surface area contributed by atoms with Crippen molar-refractivity contribution < 1.29 is 14.6 Å². The Labute approximate surface area is 94.2 Å². The van der Waals surface area contributed by atoms with E-state index in [9.17, 15) is 4.79 Å². The van der Waals surface area contributed by atoms with Gasteiger partial charge in [-0.1, -0.05) is 0 Å². The number of anilines is 1. The third-order valence-corrected chi connectivity index (χ3v) is 2.12. The summed E-state index contributed by atoms with van der Waals surface area (Å²) >= 11 is 0. The molecule has 1 amide bonds. The van der Waals surface area contributed by atoms with Crippen LogP contribution in [-0.2, 0) is 0 Å². The van der Waals surface area contributed by atoms with Crippen LogP contribution in [0.5, 0.6) is 5.75 Å². The largest absolute Gasteiger partial charge is 0.496 e. The molecule has 4 N–H and O–H groups in total. The number of carbonyl (C=O) groups excluding carboxylic acids is 1. The molecule has 5 nitrogen and oxygen atoms in total. The fourth-order valence-electron chi connectivity index (χ4n) is 1.25. The summed E-state index contributed by atoms with van der Waals surface area (Å²) in [5, 5.41) is 11.5. The fourth-order valence-corrected chi connectivity index (χ4v) is 1.25. The zero-order valence-corrected chi connectivity index (χ0v) is 9.36. The molecular formula is C11H16N2O3. The van der Waals surface area contributed by atoms with E-state index in [1.807, 2.05) is 0 Å². The first kappa shape index (κ1) is 12.3.